The molecule has 0 unspecified atom stereocenters. The highest BCUT2D eigenvalue weighted by molar-refractivity contribution is 6.30. The average Bonchev–Trinajstić information content (AvgIpc) is 2.19. The minimum Gasteiger partial charge on any atom is -0.355 e. The van der Waals surface area contributed by atoms with E-state index in [4.69, 9.17) is 11.6 Å². The van der Waals surface area contributed by atoms with Crippen LogP contribution in [-0.2, 0) is 0 Å². The van der Waals surface area contributed by atoms with Crippen molar-refractivity contribution in [1.29, 1.82) is 0 Å². The Morgan fingerprint density at radius 1 is 0.786 bits per heavy atom. The summed E-state index contributed by atoms with van der Waals surface area (Å²) in [5, 5.41) is 4.00. The molecule has 0 bridgehead atoms. The molecule has 0 aliphatic rings. The molecule has 0 radical (unpaired) electrons. The van der Waals surface area contributed by atoms with Gasteiger partial charge in [-0.1, -0.05) is 35.9 Å². The summed E-state index contributed by atoms with van der Waals surface area (Å²) in [6.45, 7) is 0. The molecule has 14 heavy (non-hydrogen) atoms. The third kappa shape index (κ3) is 2.27. The van der Waals surface area contributed by atoms with Crippen molar-refractivity contribution >= 4 is 23.0 Å². The molecule has 0 heterocycles. The minimum atomic E-state index is 0.742. The van der Waals surface area contributed by atoms with Gasteiger partial charge in [-0.05, 0) is 30.3 Å². The van der Waals surface area contributed by atoms with E-state index in [1.807, 2.05) is 54.6 Å². The molecule has 1 nitrogen and oxygen atoms in total. The van der Waals surface area contributed by atoms with Crippen molar-refractivity contribution in [2.45, 2.75) is 0 Å². The monoisotopic (exact) mass is 203 g/mol. The molecule has 0 saturated carbocycles. The zero-order valence-corrected chi connectivity index (χ0v) is 8.33. The van der Waals surface area contributed by atoms with Crippen LogP contribution in [0.3, 0.4) is 0 Å². The second-order valence-electron chi connectivity index (χ2n) is 3.00. The van der Waals surface area contributed by atoms with Crippen molar-refractivity contribution < 1.29 is 0 Å². The molecule has 2 rings (SSSR count). The number of rotatable bonds is 2. The predicted molar refractivity (Wildman–Crippen MR) is 61.2 cm³/mol. The molecule has 1 N–H and O–H groups in total. The summed E-state index contributed by atoms with van der Waals surface area (Å²) in [7, 11) is 0. The van der Waals surface area contributed by atoms with E-state index in [0.717, 1.165) is 16.4 Å². The zero-order chi connectivity index (χ0) is 9.80. The first-order chi connectivity index (χ1) is 6.84. The molecule has 0 aliphatic carbocycles. The Morgan fingerprint density at radius 2 is 1.50 bits per heavy atom. The normalized spacial score (nSPS) is 9.79. The quantitative estimate of drug-likeness (QED) is 0.776. The summed E-state index contributed by atoms with van der Waals surface area (Å²) in [4.78, 5) is 0. The van der Waals surface area contributed by atoms with Gasteiger partial charge in [0, 0.05) is 16.4 Å². The summed E-state index contributed by atoms with van der Waals surface area (Å²) in [6.07, 6.45) is 0. The molecular weight excluding hydrogens is 194 g/mol. The van der Waals surface area contributed by atoms with E-state index in [2.05, 4.69) is 5.32 Å². The SMILES string of the molecule is Clc1cccc(Nc2ccccc2)c1. The Morgan fingerprint density at radius 3 is 2.21 bits per heavy atom. The van der Waals surface area contributed by atoms with Crippen LogP contribution in [0.4, 0.5) is 11.4 Å². The van der Waals surface area contributed by atoms with Crippen LogP contribution in [0.1, 0.15) is 0 Å². The molecule has 0 amide bonds. The molecule has 2 aromatic carbocycles. The van der Waals surface area contributed by atoms with Gasteiger partial charge >= 0.3 is 0 Å². The predicted octanol–water partition coefficient (Wildman–Crippen LogP) is 4.08. The van der Waals surface area contributed by atoms with Crippen molar-refractivity contribution in [3.05, 3.63) is 59.6 Å². The maximum Gasteiger partial charge on any atom is 0.0426 e. The van der Waals surface area contributed by atoms with Crippen molar-refractivity contribution in [1.82, 2.24) is 0 Å². The number of hydrogen-bond donors (Lipinski definition) is 1. The summed E-state index contributed by atoms with van der Waals surface area (Å²) in [5.41, 5.74) is 2.07. The molecular formula is C12H10ClN. The van der Waals surface area contributed by atoms with E-state index >= 15 is 0 Å². The van der Waals surface area contributed by atoms with Crippen LogP contribution in [0.2, 0.25) is 5.02 Å². The highest BCUT2D eigenvalue weighted by Gasteiger charge is 1.93. The highest BCUT2D eigenvalue weighted by atomic mass is 35.5. The maximum absolute atomic E-state index is 5.87. The number of hydrogen-bond acceptors (Lipinski definition) is 1. The lowest BCUT2D eigenvalue weighted by molar-refractivity contribution is 1.55. The molecule has 2 aromatic rings. The van der Waals surface area contributed by atoms with Gasteiger partial charge in [-0.2, -0.15) is 0 Å². The van der Waals surface area contributed by atoms with E-state index in [1.54, 1.807) is 0 Å². The lowest BCUT2D eigenvalue weighted by Crippen LogP contribution is -1.88. The van der Waals surface area contributed by atoms with E-state index < -0.39 is 0 Å². The van der Waals surface area contributed by atoms with Crippen LogP contribution >= 0.6 is 11.6 Å². The molecule has 2 heteroatoms. The first kappa shape index (κ1) is 9.10. The Balaban J connectivity index is 2.19. The summed E-state index contributed by atoms with van der Waals surface area (Å²) in [6, 6.07) is 17.7. The zero-order valence-electron chi connectivity index (χ0n) is 7.57. The van der Waals surface area contributed by atoms with Gasteiger partial charge in [0.25, 0.3) is 0 Å². The van der Waals surface area contributed by atoms with Gasteiger partial charge in [0.15, 0.2) is 0 Å². The second kappa shape index (κ2) is 4.16. The Hall–Kier alpha value is -1.47. The van der Waals surface area contributed by atoms with Crippen molar-refractivity contribution in [2.24, 2.45) is 0 Å². The molecule has 0 fully saturated rings. The van der Waals surface area contributed by atoms with Crippen LogP contribution < -0.4 is 5.32 Å². The molecule has 0 saturated heterocycles. The van der Waals surface area contributed by atoms with Crippen LogP contribution in [0.5, 0.6) is 0 Å². The standard InChI is InChI=1S/C12H10ClN/c13-10-5-4-8-12(9-10)14-11-6-2-1-3-7-11/h1-9,14H. The van der Waals surface area contributed by atoms with Gasteiger partial charge in [0.2, 0.25) is 0 Å². The Bertz CT molecular complexity index is 412. The fourth-order valence-electron chi connectivity index (χ4n) is 1.25. The molecule has 0 aromatic heterocycles. The number of anilines is 2. The third-order valence-electron chi connectivity index (χ3n) is 1.89. The van der Waals surface area contributed by atoms with Gasteiger partial charge in [-0.15, -0.1) is 0 Å². The van der Waals surface area contributed by atoms with E-state index in [1.165, 1.54) is 0 Å². The topological polar surface area (TPSA) is 12.0 Å². The van der Waals surface area contributed by atoms with Gasteiger partial charge in [-0.25, -0.2) is 0 Å². The Labute approximate surface area is 88.3 Å². The van der Waals surface area contributed by atoms with E-state index in [9.17, 15) is 0 Å². The first-order valence-electron chi connectivity index (χ1n) is 4.42. The van der Waals surface area contributed by atoms with Gasteiger partial charge in [0.05, 0.1) is 0 Å². The van der Waals surface area contributed by atoms with Gasteiger partial charge in [-0.3, -0.25) is 0 Å². The highest BCUT2D eigenvalue weighted by Crippen LogP contribution is 2.19. The maximum atomic E-state index is 5.87. The second-order valence-corrected chi connectivity index (χ2v) is 3.44. The molecule has 0 aliphatic heterocycles. The summed E-state index contributed by atoms with van der Waals surface area (Å²) < 4.78 is 0. The lowest BCUT2D eigenvalue weighted by atomic mass is 10.3. The summed E-state index contributed by atoms with van der Waals surface area (Å²) >= 11 is 5.87. The summed E-state index contributed by atoms with van der Waals surface area (Å²) in [5.74, 6) is 0. The molecule has 0 atom stereocenters. The fourth-order valence-corrected chi connectivity index (χ4v) is 1.44. The molecule has 70 valence electrons. The minimum absolute atomic E-state index is 0.742. The fraction of sp³-hybridized carbons (Fsp3) is 0. The smallest absolute Gasteiger partial charge is 0.0426 e. The van der Waals surface area contributed by atoms with Crippen molar-refractivity contribution in [2.75, 3.05) is 5.32 Å². The Kier molecular flexibility index (Phi) is 2.70. The van der Waals surface area contributed by atoms with Gasteiger partial charge in [0.1, 0.15) is 0 Å². The van der Waals surface area contributed by atoms with Crippen LogP contribution in [0.25, 0.3) is 0 Å². The van der Waals surface area contributed by atoms with Crippen LogP contribution in [-0.4, -0.2) is 0 Å². The van der Waals surface area contributed by atoms with Crippen LogP contribution in [0, 0.1) is 0 Å². The number of para-hydroxylation sites is 1. The average molecular weight is 204 g/mol. The van der Waals surface area contributed by atoms with Crippen molar-refractivity contribution in [3.63, 3.8) is 0 Å². The van der Waals surface area contributed by atoms with Crippen LogP contribution in [0.15, 0.2) is 54.6 Å². The first-order valence-corrected chi connectivity index (χ1v) is 4.80. The largest absolute Gasteiger partial charge is 0.355 e. The van der Waals surface area contributed by atoms with E-state index in [-0.39, 0.29) is 0 Å². The third-order valence-corrected chi connectivity index (χ3v) is 2.12. The number of halogens is 1. The lowest BCUT2D eigenvalue weighted by Gasteiger charge is -2.05. The number of nitrogens with one attached hydrogen (secondary N) is 1. The van der Waals surface area contributed by atoms with Gasteiger partial charge < -0.3 is 5.32 Å². The van der Waals surface area contributed by atoms with Crippen molar-refractivity contribution in [3.8, 4) is 0 Å². The number of benzene rings is 2. The molecule has 0 spiro atoms. The van der Waals surface area contributed by atoms with E-state index in [0.29, 0.717) is 0 Å².